The van der Waals surface area contributed by atoms with Crippen LogP contribution in [0.1, 0.15) is 22.8 Å². The maximum Gasteiger partial charge on any atom is 0.272 e. The predicted molar refractivity (Wildman–Crippen MR) is 177 cm³/mol. The van der Waals surface area contributed by atoms with E-state index in [-0.39, 0.29) is 16.6 Å². The highest BCUT2D eigenvalue weighted by Gasteiger charge is 2.19. The van der Waals surface area contributed by atoms with E-state index >= 15 is 0 Å². The van der Waals surface area contributed by atoms with E-state index in [0.717, 1.165) is 4.90 Å². The van der Waals surface area contributed by atoms with Crippen LogP contribution in [0.25, 0.3) is 6.08 Å². The van der Waals surface area contributed by atoms with Gasteiger partial charge in [-0.1, -0.05) is 53.5 Å². The van der Waals surface area contributed by atoms with E-state index in [9.17, 15) is 14.4 Å². The Morgan fingerprint density at radius 2 is 1.57 bits per heavy atom. The van der Waals surface area contributed by atoms with Gasteiger partial charge < -0.3 is 25.4 Å². The Balaban J connectivity index is 1.45. The molecule has 0 radical (unpaired) electrons. The lowest BCUT2D eigenvalue weighted by molar-refractivity contribution is -0.115. The van der Waals surface area contributed by atoms with Crippen LogP contribution in [-0.4, -0.2) is 37.2 Å². The second-order valence-corrected chi connectivity index (χ2v) is 11.5. The summed E-state index contributed by atoms with van der Waals surface area (Å²) in [7, 11) is 3.07. The molecule has 0 spiro atoms. The van der Waals surface area contributed by atoms with Gasteiger partial charge in [0.1, 0.15) is 17.2 Å². The molecule has 226 valence electrons. The molecule has 0 aliphatic heterocycles. The molecule has 0 aromatic heterocycles. The van der Waals surface area contributed by atoms with Crippen molar-refractivity contribution in [3.05, 3.63) is 118 Å². The lowest BCUT2D eigenvalue weighted by Crippen LogP contribution is -2.30. The molecule has 0 saturated heterocycles. The summed E-state index contributed by atoms with van der Waals surface area (Å²) >= 11 is 13.9. The highest BCUT2D eigenvalue weighted by atomic mass is 35.5. The number of hydrogen-bond acceptors (Lipinski definition) is 6. The number of hydrogen-bond donors (Lipinski definition) is 3. The van der Waals surface area contributed by atoms with Crippen LogP contribution in [0.2, 0.25) is 10.0 Å². The molecule has 0 saturated carbocycles. The third kappa shape index (κ3) is 8.57. The molecule has 3 N–H and O–H groups in total. The van der Waals surface area contributed by atoms with Crippen molar-refractivity contribution in [1.82, 2.24) is 5.32 Å². The number of thioether (sulfide) groups is 1. The van der Waals surface area contributed by atoms with Crippen molar-refractivity contribution in [2.24, 2.45) is 0 Å². The predicted octanol–water partition coefficient (Wildman–Crippen LogP) is 7.54. The lowest BCUT2D eigenvalue weighted by Gasteiger charge is -2.15. The molecule has 0 heterocycles. The fourth-order valence-corrected chi connectivity index (χ4v) is 5.18. The molecule has 4 aromatic rings. The Kier molecular flexibility index (Phi) is 11.3. The Morgan fingerprint density at radius 3 is 2.25 bits per heavy atom. The minimum Gasteiger partial charge on any atom is -0.497 e. The van der Waals surface area contributed by atoms with Gasteiger partial charge in [0, 0.05) is 22.2 Å². The van der Waals surface area contributed by atoms with Crippen molar-refractivity contribution in [2.45, 2.75) is 17.1 Å². The topological polar surface area (TPSA) is 106 Å². The molecular weight excluding hydrogens is 621 g/mol. The number of ether oxygens (including phenoxy) is 2. The van der Waals surface area contributed by atoms with Gasteiger partial charge in [0.25, 0.3) is 11.8 Å². The van der Waals surface area contributed by atoms with Crippen molar-refractivity contribution in [1.29, 1.82) is 0 Å². The summed E-state index contributed by atoms with van der Waals surface area (Å²) in [6.07, 6.45) is 1.46. The minimum atomic E-state index is -0.564. The number of rotatable bonds is 11. The smallest absolute Gasteiger partial charge is 0.272 e. The van der Waals surface area contributed by atoms with E-state index in [1.165, 1.54) is 24.9 Å². The number of carbonyl (C=O) groups excluding carboxylic acids is 3. The zero-order valence-corrected chi connectivity index (χ0v) is 26.3. The Morgan fingerprint density at radius 1 is 0.841 bits per heavy atom. The van der Waals surface area contributed by atoms with Gasteiger partial charge in [-0.2, -0.15) is 0 Å². The van der Waals surface area contributed by atoms with Crippen LogP contribution in [0.15, 0.2) is 102 Å². The molecule has 4 aromatic carbocycles. The van der Waals surface area contributed by atoms with Crippen LogP contribution in [0.5, 0.6) is 11.5 Å². The quantitative estimate of drug-likeness (QED) is 0.114. The van der Waals surface area contributed by atoms with E-state index in [0.29, 0.717) is 39.0 Å². The maximum atomic E-state index is 13.4. The van der Waals surface area contributed by atoms with Gasteiger partial charge in [0.15, 0.2) is 0 Å². The average molecular weight is 651 g/mol. The van der Waals surface area contributed by atoms with Gasteiger partial charge >= 0.3 is 0 Å². The maximum absolute atomic E-state index is 13.4. The van der Waals surface area contributed by atoms with Crippen molar-refractivity contribution in [3.63, 3.8) is 0 Å². The molecule has 1 unspecified atom stereocenters. The number of methoxy groups -OCH3 is 2. The molecule has 4 rings (SSSR count). The molecule has 44 heavy (non-hydrogen) atoms. The van der Waals surface area contributed by atoms with Crippen LogP contribution >= 0.6 is 35.0 Å². The Hall–Kier alpha value is -4.44. The highest BCUT2D eigenvalue weighted by molar-refractivity contribution is 8.00. The monoisotopic (exact) mass is 649 g/mol. The minimum absolute atomic E-state index is 0.0280. The van der Waals surface area contributed by atoms with Crippen molar-refractivity contribution >= 4 is 70.1 Å². The molecule has 0 bridgehead atoms. The number of amides is 3. The third-order valence-corrected chi connectivity index (χ3v) is 8.21. The first-order chi connectivity index (χ1) is 21.2. The molecule has 0 fully saturated rings. The first kappa shape index (κ1) is 32.5. The summed E-state index contributed by atoms with van der Waals surface area (Å²) in [5, 5.41) is 8.47. The van der Waals surface area contributed by atoms with Crippen molar-refractivity contribution in [2.75, 3.05) is 24.9 Å². The average Bonchev–Trinajstić information content (AvgIpc) is 3.03. The van der Waals surface area contributed by atoms with Gasteiger partial charge in [-0.3, -0.25) is 14.4 Å². The molecule has 11 heteroatoms. The van der Waals surface area contributed by atoms with E-state index < -0.39 is 17.1 Å². The summed E-state index contributed by atoms with van der Waals surface area (Å²) in [6, 6.07) is 25.7. The summed E-state index contributed by atoms with van der Waals surface area (Å²) < 4.78 is 10.6. The molecular formula is C33H29Cl2N3O5S. The zero-order chi connectivity index (χ0) is 31.6. The largest absolute Gasteiger partial charge is 0.497 e. The van der Waals surface area contributed by atoms with E-state index in [4.69, 9.17) is 32.7 Å². The molecule has 8 nitrogen and oxygen atoms in total. The van der Waals surface area contributed by atoms with E-state index in [2.05, 4.69) is 16.0 Å². The summed E-state index contributed by atoms with van der Waals surface area (Å²) in [4.78, 5) is 40.0. The van der Waals surface area contributed by atoms with Crippen LogP contribution in [0, 0.1) is 0 Å². The van der Waals surface area contributed by atoms with E-state index in [1.807, 2.05) is 0 Å². The van der Waals surface area contributed by atoms with Crippen LogP contribution in [-0.2, 0) is 9.59 Å². The fourth-order valence-electron chi connectivity index (χ4n) is 3.95. The van der Waals surface area contributed by atoms with Gasteiger partial charge in [0.2, 0.25) is 5.91 Å². The van der Waals surface area contributed by atoms with Gasteiger partial charge in [-0.25, -0.2) is 0 Å². The lowest BCUT2D eigenvalue weighted by atomic mass is 10.1. The molecule has 0 aliphatic rings. The second kappa shape index (κ2) is 15.3. The van der Waals surface area contributed by atoms with Crippen molar-refractivity contribution < 1.29 is 23.9 Å². The van der Waals surface area contributed by atoms with Crippen LogP contribution in [0.3, 0.4) is 0 Å². The summed E-state index contributed by atoms with van der Waals surface area (Å²) in [5.41, 5.74) is 1.80. The third-order valence-electron chi connectivity index (χ3n) is 6.27. The number of halogens is 2. The fraction of sp³-hybridized carbons (Fsp3) is 0.121. The van der Waals surface area contributed by atoms with Crippen LogP contribution < -0.4 is 25.4 Å². The number of nitrogens with one attached hydrogen (secondary N) is 3. The number of benzene rings is 4. The second-order valence-electron chi connectivity index (χ2n) is 9.32. The standard InChI is InChI=1S/C33H29Cl2N3O5S/c1-20(31(39)37-27-19-24(42-2)14-17-29(27)43-3)44-25-15-12-23(13-16-25)36-33(41)28(18-22-10-7-11-26(34)30(22)35)38-32(40)21-8-5-4-6-9-21/h4-20H,1-3H3,(H,36,41)(H,37,39)(H,38,40)/b28-18-. The first-order valence-electron chi connectivity index (χ1n) is 13.3. The molecule has 3 amide bonds. The summed E-state index contributed by atoms with van der Waals surface area (Å²) in [6.45, 7) is 1.79. The first-order valence-corrected chi connectivity index (χ1v) is 14.9. The van der Waals surface area contributed by atoms with Crippen LogP contribution in [0.4, 0.5) is 11.4 Å². The van der Waals surface area contributed by atoms with Crippen molar-refractivity contribution in [3.8, 4) is 11.5 Å². The molecule has 1 atom stereocenters. The zero-order valence-electron chi connectivity index (χ0n) is 24.0. The SMILES string of the molecule is COc1ccc(OC)c(NC(=O)C(C)Sc2ccc(NC(=O)/C(=C/c3cccc(Cl)c3Cl)NC(=O)c3ccccc3)cc2)c1. The number of anilines is 2. The Labute approximate surface area is 269 Å². The highest BCUT2D eigenvalue weighted by Crippen LogP contribution is 2.31. The molecule has 0 aliphatic carbocycles. The van der Waals surface area contributed by atoms with Gasteiger partial charge in [-0.15, -0.1) is 11.8 Å². The van der Waals surface area contributed by atoms with E-state index in [1.54, 1.807) is 105 Å². The number of carbonyl (C=O) groups is 3. The summed E-state index contributed by atoms with van der Waals surface area (Å²) in [5.74, 6) is -0.140. The normalized spacial score (nSPS) is 11.7. The Bertz CT molecular complexity index is 1680. The van der Waals surface area contributed by atoms with Gasteiger partial charge in [0.05, 0.1) is 35.2 Å². The van der Waals surface area contributed by atoms with Gasteiger partial charge in [-0.05, 0) is 73.2 Å².